The van der Waals surface area contributed by atoms with Crippen LogP contribution >= 0.6 is 0 Å². The van der Waals surface area contributed by atoms with Gasteiger partial charge < -0.3 is 10.1 Å². The van der Waals surface area contributed by atoms with Gasteiger partial charge in [0.05, 0.1) is 5.52 Å². The van der Waals surface area contributed by atoms with E-state index < -0.39 is 15.8 Å². The monoisotopic (exact) mass is 402 g/mol. The highest BCUT2D eigenvalue weighted by Crippen LogP contribution is 2.30. The third-order valence-corrected chi connectivity index (χ3v) is 6.86. The predicted octanol–water partition coefficient (Wildman–Crippen LogP) is 3.93. The van der Waals surface area contributed by atoms with Gasteiger partial charge in [0.25, 0.3) is 10.0 Å². The molecule has 0 radical (unpaired) electrons. The van der Waals surface area contributed by atoms with Crippen LogP contribution in [-0.2, 0) is 10.0 Å². The average molecular weight is 402 g/mol. The lowest BCUT2D eigenvalue weighted by atomic mass is 10.1. The third kappa shape index (κ3) is 3.64. The van der Waals surface area contributed by atoms with Gasteiger partial charge in [-0.3, -0.25) is 0 Å². The second-order valence-corrected chi connectivity index (χ2v) is 8.83. The molecule has 2 heterocycles. The van der Waals surface area contributed by atoms with Crippen LogP contribution in [0.1, 0.15) is 25.7 Å². The van der Waals surface area contributed by atoms with Crippen molar-refractivity contribution >= 4 is 20.9 Å². The Morgan fingerprint density at radius 2 is 1.93 bits per heavy atom. The van der Waals surface area contributed by atoms with Crippen LogP contribution in [0.5, 0.6) is 5.75 Å². The van der Waals surface area contributed by atoms with E-state index in [0.29, 0.717) is 29.3 Å². The summed E-state index contributed by atoms with van der Waals surface area (Å²) in [4.78, 5) is -0.346. The quantitative estimate of drug-likeness (QED) is 0.703. The van der Waals surface area contributed by atoms with Gasteiger partial charge in [-0.1, -0.05) is 31.0 Å². The van der Waals surface area contributed by atoms with Gasteiger partial charge in [-0.05, 0) is 49.7 Å². The molecular weight excluding hydrogens is 379 g/mol. The number of hydrogen-bond acceptors (Lipinski definition) is 4. The van der Waals surface area contributed by atoms with E-state index in [4.69, 9.17) is 4.74 Å². The van der Waals surface area contributed by atoms with Crippen molar-refractivity contribution in [2.24, 2.45) is 0 Å². The highest BCUT2D eigenvalue weighted by molar-refractivity contribution is 7.90. The van der Waals surface area contributed by atoms with Crippen molar-refractivity contribution in [3.8, 4) is 5.75 Å². The summed E-state index contributed by atoms with van der Waals surface area (Å²) in [7, 11) is -4.04. The summed E-state index contributed by atoms with van der Waals surface area (Å²) in [6.07, 6.45) is 6.11. The smallest absolute Gasteiger partial charge is 0.271 e. The first-order chi connectivity index (χ1) is 13.6. The van der Waals surface area contributed by atoms with Crippen LogP contribution in [0.25, 0.3) is 10.9 Å². The summed E-state index contributed by atoms with van der Waals surface area (Å²) in [5.41, 5.74) is 0.467. The molecule has 1 atom stereocenters. The van der Waals surface area contributed by atoms with Gasteiger partial charge in [-0.2, -0.15) is 0 Å². The largest absolute Gasteiger partial charge is 0.491 e. The molecule has 1 N–H and O–H groups in total. The zero-order valence-corrected chi connectivity index (χ0v) is 16.3. The number of nitrogens with zero attached hydrogens (tertiary/aromatic N) is 1. The topological polar surface area (TPSA) is 60.3 Å². The summed E-state index contributed by atoms with van der Waals surface area (Å²) < 4.78 is 47.1. The summed E-state index contributed by atoms with van der Waals surface area (Å²) in [6.45, 7) is 1.53. The fourth-order valence-electron chi connectivity index (χ4n) is 3.64. The van der Waals surface area contributed by atoms with E-state index in [1.807, 2.05) is 6.07 Å². The molecule has 1 aliphatic heterocycles. The van der Waals surface area contributed by atoms with Crippen molar-refractivity contribution in [1.82, 2.24) is 9.29 Å². The van der Waals surface area contributed by atoms with E-state index in [9.17, 15) is 12.8 Å². The minimum absolute atomic E-state index is 0.294. The predicted molar refractivity (Wildman–Crippen MR) is 107 cm³/mol. The molecule has 1 saturated heterocycles. The molecule has 0 bridgehead atoms. The van der Waals surface area contributed by atoms with Crippen molar-refractivity contribution in [3.63, 3.8) is 0 Å². The molecule has 1 aliphatic rings. The zero-order valence-electron chi connectivity index (χ0n) is 15.5. The molecule has 5 nitrogen and oxygen atoms in total. The van der Waals surface area contributed by atoms with E-state index in [0.717, 1.165) is 23.0 Å². The van der Waals surface area contributed by atoms with E-state index in [1.54, 1.807) is 18.2 Å². The summed E-state index contributed by atoms with van der Waals surface area (Å²) in [5.74, 6) is -0.137. The molecule has 1 unspecified atom stereocenters. The molecular formula is C21H23FN2O3S. The molecule has 0 spiro atoms. The number of hydrogen-bond donors (Lipinski definition) is 1. The SMILES string of the molecule is O=S(=O)(c1ccccc1F)n1ccc2c(OCC3CCCCCN3)cccc21. The minimum atomic E-state index is -4.04. The van der Waals surface area contributed by atoms with Crippen LogP contribution in [0.3, 0.4) is 0 Å². The van der Waals surface area contributed by atoms with Gasteiger partial charge in [0.1, 0.15) is 23.1 Å². The van der Waals surface area contributed by atoms with E-state index in [2.05, 4.69) is 5.32 Å². The van der Waals surface area contributed by atoms with Crippen LogP contribution in [0.4, 0.5) is 4.39 Å². The number of benzene rings is 2. The highest BCUT2D eigenvalue weighted by atomic mass is 32.2. The molecule has 28 heavy (non-hydrogen) atoms. The third-order valence-electron chi connectivity index (χ3n) is 5.13. The summed E-state index contributed by atoms with van der Waals surface area (Å²) >= 11 is 0. The molecule has 0 saturated carbocycles. The Kier molecular flexibility index (Phi) is 5.37. The molecule has 7 heteroatoms. The van der Waals surface area contributed by atoms with Crippen LogP contribution in [-0.4, -0.2) is 31.6 Å². The van der Waals surface area contributed by atoms with Crippen LogP contribution in [0.15, 0.2) is 59.6 Å². The Morgan fingerprint density at radius 1 is 1.07 bits per heavy atom. The number of fused-ring (bicyclic) bond motifs is 1. The molecule has 1 aromatic heterocycles. The van der Waals surface area contributed by atoms with Crippen molar-refractivity contribution in [1.29, 1.82) is 0 Å². The second-order valence-electron chi connectivity index (χ2n) is 7.05. The Morgan fingerprint density at radius 3 is 2.79 bits per heavy atom. The molecule has 4 rings (SSSR count). The lowest BCUT2D eigenvalue weighted by molar-refractivity contribution is 0.264. The Bertz CT molecular complexity index is 1070. The maximum atomic E-state index is 14.1. The Balaban J connectivity index is 1.64. The van der Waals surface area contributed by atoms with Gasteiger partial charge >= 0.3 is 0 Å². The number of rotatable bonds is 5. The molecule has 148 valence electrons. The van der Waals surface area contributed by atoms with Gasteiger partial charge in [0.15, 0.2) is 0 Å². The van der Waals surface area contributed by atoms with E-state index in [1.165, 1.54) is 43.7 Å². The number of nitrogens with one attached hydrogen (secondary N) is 1. The number of ether oxygens (including phenoxy) is 1. The van der Waals surface area contributed by atoms with Gasteiger partial charge in [-0.15, -0.1) is 0 Å². The fourth-order valence-corrected chi connectivity index (χ4v) is 5.06. The lowest BCUT2D eigenvalue weighted by Gasteiger charge is -2.17. The highest BCUT2D eigenvalue weighted by Gasteiger charge is 2.23. The maximum Gasteiger partial charge on any atom is 0.271 e. The van der Waals surface area contributed by atoms with E-state index in [-0.39, 0.29) is 4.90 Å². The molecule has 3 aromatic rings. The Labute approximate surface area is 164 Å². The first-order valence-electron chi connectivity index (χ1n) is 9.54. The van der Waals surface area contributed by atoms with Crippen LogP contribution in [0.2, 0.25) is 0 Å². The van der Waals surface area contributed by atoms with E-state index >= 15 is 0 Å². The Hall–Kier alpha value is -2.38. The number of aromatic nitrogens is 1. The second kappa shape index (κ2) is 7.93. The fraction of sp³-hybridized carbons (Fsp3) is 0.333. The van der Waals surface area contributed by atoms with Crippen LogP contribution < -0.4 is 10.1 Å². The van der Waals surface area contributed by atoms with Gasteiger partial charge in [0.2, 0.25) is 0 Å². The zero-order chi connectivity index (χ0) is 19.6. The van der Waals surface area contributed by atoms with Crippen LogP contribution in [0, 0.1) is 5.82 Å². The lowest BCUT2D eigenvalue weighted by Crippen LogP contribution is -2.33. The normalized spacial score (nSPS) is 18.1. The van der Waals surface area contributed by atoms with Crippen molar-refractivity contribution in [3.05, 3.63) is 60.5 Å². The van der Waals surface area contributed by atoms with Gasteiger partial charge in [0, 0.05) is 17.6 Å². The van der Waals surface area contributed by atoms with Gasteiger partial charge in [-0.25, -0.2) is 16.8 Å². The summed E-state index contributed by atoms with van der Waals surface area (Å²) in [6, 6.07) is 12.7. The average Bonchev–Trinajstić information content (AvgIpc) is 2.97. The maximum absolute atomic E-state index is 14.1. The standard InChI is InChI=1S/C21H23FN2O3S/c22-18-8-3-4-11-21(18)28(25,26)24-14-12-17-19(24)9-6-10-20(17)27-15-16-7-2-1-5-13-23-16/h3-4,6,8-12,14,16,23H,1-2,5,7,13,15H2. The van der Waals surface area contributed by atoms with Crippen molar-refractivity contribution in [2.45, 2.75) is 36.6 Å². The molecule has 2 aromatic carbocycles. The molecule has 0 aliphatic carbocycles. The summed E-state index contributed by atoms with van der Waals surface area (Å²) in [5, 5.41) is 4.18. The first kappa shape index (κ1) is 19.0. The van der Waals surface area contributed by atoms with Crippen molar-refractivity contribution in [2.75, 3.05) is 13.2 Å². The number of halogens is 1. The van der Waals surface area contributed by atoms with Crippen molar-refractivity contribution < 1.29 is 17.5 Å². The molecule has 0 amide bonds. The minimum Gasteiger partial charge on any atom is -0.491 e. The molecule has 1 fully saturated rings. The first-order valence-corrected chi connectivity index (χ1v) is 11.0.